The first kappa shape index (κ1) is 12.0. The van der Waals surface area contributed by atoms with Crippen LogP contribution in [0.2, 0.25) is 0 Å². The maximum Gasteiger partial charge on any atom is 0.510 e. The zero-order valence-corrected chi connectivity index (χ0v) is 8.19. The third kappa shape index (κ3) is 5.25. The molecule has 76 valence electrons. The van der Waals surface area contributed by atoms with Crippen LogP contribution in [0.1, 0.15) is 20.8 Å². The van der Waals surface area contributed by atoms with E-state index in [1.165, 1.54) is 6.08 Å². The van der Waals surface area contributed by atoms with Crippen LogP contribution in [0.3, 0.4) is 0 Å². The standard InChI is InChI=1S/C9H16O4/c1-5-7(4)8(10)13-9(11)12-6(2)3/h5-8,10H,1H2,2-4H3. The van der Waals surface area contributed by atoms with E-state index in [1.807, 2.05) is 0 Å². The summed E-state index contributed by atoms with van der Waals surface area (Å²) in [6.07, 6.45) is -0.813. The molecule has 4 nitrogen and oxygen atoms in total. The maximum absolute atomic E-state index is 10.8. The highest BCUT2D eigenvalue weighted by Crippen LogP contribution is 2.06. The second-order valence-electron chi connectivity index (χ2n) is 3.02. The normalized spacial score (nSPS) is 14.8. The molecule has 0 saturated heterocycles. The third-order valence-electron chi connectivity index (χ3n) is 1.37. The minimum Gasteiger partial charge on any atom is -0.432 e. The summed E-state index contributed by atoms with van der Waals surface area (Å²) >= 11 is 0. The molecule has 0 amide bonds. The molecule has 0 aliphatic heterocycles. The highest BCUT2D eigenvalue weighted by atomic mass is 16.8. The van der Waals surface area contributed by atoms with E-state index in [0.29, 0.717) is 0 Å². The fourth-order valence-electron chi connectivity index (χ4n) is 0.543. The van der Waals surface area contributed by atoms with Gasteiger partial charge in [-0.3, -0.25) is 0 Å². The third-order valence-corrected chi connectivity index (χ3v) is 1.37. The molecule has 0 aliphatic rings. The van der Waals surface area contributed by atoms with E-state index in [-0.39, 0.29) is 12.0 Å². The van der Waals surface area contributed by atoms with E-state index in [0.717, 1.165) is 0 Å². The number of aliphatic hydroxyl groups is 1. The predicted molar refractivity (Wildman–Crippen MR) is 48.1 cm³/mol. The van der Waals surface area contributed by atoms with E-state index < -0.39 is 12.4 Å². The van der Waals surface area contributed by atoms with Crippen LogP contribution in [0.15, 0.2) is 12.7 Å². The van der Waals surface area contributed by atoms with Gasteiger partial charge in [-0.2, -0.15) is 0 Å². The molecule has 0 heterocycles. The lowest BCUT2D eigenvalue weighted by molar-refractivity contribution is -0.103. The molecule has 0 bridgehead atoms. The fourth-order valence-corrected chi connectivity index (χ4v) is 0.543. The van der Waals surface area contributed by atoms with Crippen molar-refractivity contribution in [3.8, 4) is 0 Å². The van der Waals surface area contributed by atoms with Crippen molar-refractivity contribution < 1.29 is 19.4 Å². The minimum absolute atomic E-state index is 0.251. The molecular weight excluding hydrogens is 172 g/mol. The Labute approximate surface area is 78.2 Å². The molecule has 13 heavy (non-hydrogen) atoms. The summed E-state index contributed by atoms with van der Waals surface area (Å²) in [7, 11) is 0. The smallest absolute Gasteiger partial charge is 0.432 e. The average Bonchev–Trinajstić information content (AvgIpc) is 2.01. The molecule has 0 fully saturated rings. The van der Waals surface area contributed by atoms with Crippen LogP contribution in [0.5, 0.6) is 0 Å². The van der Waals surface area contributed by atoms with Crippen molar-refractivity contribution in [3.05, 3.63) is 12.7 Å². The molecule has 2 unspecified atom stereocenters. The van der Waals surface area contributed by atoms with Gasteiger partial charge >= 0.3 is 6.16 Å². The fraction of sp³-hybridized carbons (Fsp3) is 0.667. The Morgan fingerprint density at radius 2 is 1.92 bits per heavy atom. The van der Waals surface area contributed by atoms with Gasteiger partial charge in [0.05, 0.1) is 6.10 Å². The molecule has 0 saturated carbocycles. The van der Waals surface area contributed by atoms with Crippen LogP contribution >= 0.6 is 0 Å². The van der Waals surface area contributed by atoms with E-state index in [2.05, 4.69) is 16.1 Å². The molecule has 0 aromatic carbocycles. The Morgan fingerprint density at radius 3 is 2.31 bits per heavy atom. The summed E-state index contributed by atoms with van der Waals surface area (Å²) in [5, 5.41) is 9.21. The Morgan fingerprint density at radius 1 is 1.38 bits per heavy atom. The molecule has 0 rings (SSSR count). The molecule has 2 atom stereocenters. The second kappa shape index (κ2) is 5.59. The maximum atomic E-state index is 10.8. The number of carbonyl (C=O) groups is 1. The second-order valence-corrected chi connectivity index (χ2v) is 3.02. The van der Waals surface area contributed by atoms with Crippen molar-refractivity contribution in [1.82, 2.24) is 0 Å². The van der Waals surface area contributed by atoms with Gasteiger partial charge in [0.1, 0.15) is 0 Å². The molecule has 1 N–H and O–H groups in total. The lowest BCUT2D eigenvalue weighted by Crippen LogP contribution is -2.25. The highest BCUT2D eigenvalue weighted by Gasteiger charge is 2.17. The summed E-state index contributed by atoms with van der Waals surface area (Å²) in [6.45, 7) is 8.54. The minimum atomic E-state index is -1.19. The number of ether oxygens (including phenoxy) is 2. The van der Waals surface area contributed by atoms with Crippen LogP contribution in [0.25, 0.3) is 0 Å². The molecule has 0 radical (unpaired) electrons. The first-order valence-corrected chi connectivity index (χ1v) is 4.15. The van der Waals surface area contributed by atoms with Gasteiger partial charge < -0.3 is 14.6 Å². The van der Waals surface area contributed by atoms with Crippen molar-refractivity contribution in [2.45, 2.75) is 33.2 Å². The summed E-state index contributed by atoms with van der Waals surface area (Å²) in [5.74, 6) is -0.306. The first-order chi connectivity index (χ1) is 5.97. The van der Waals surface area contributed by atoms with Crippen LogP contribution in [0.4, 0.5) is 4.79 Å². The van der Waals surface area contributed by atoms with Gasteiger partial charge in [-0.15, -0.1) is 6.58 Å². The summed E-state index contributed by atoms with van der Waals surface area (Å²) in [4.78, 5) is 10.8. The van der Waals surface area contributed by atoms with E-state index in [1.54, 1.807) is 20.8 Å². The number of carbonyl (C=O) groups excluding carboxylic acids is 1. The monoisotopic (exact) mass is 188 g/mol. The molecule has 0 aromatic rings. The number of hydrogen-bond acceptors (Lipinski definition) is 4. The Bertz CT molecular complexity index is 176. The zero-order chi connectivity index (χ0) is 10.4. The molecule has 0 spiro atoms. The molecule has 0 aromatic heterocycles. The van der Waals surface area contributed by atoms with Gasteiger partial charge in [-0.05, 0) is 13.8 Å². The summed E-state index contributed by atoms with van der Waals surface area (Å²) < 4.78 is 9.20. The van der Waals surface area contributed by atoms with Crippen LogP contribution in [-0.4, -0.2) is 23.7 Å². The number of hydrogen-bond donors (Lipinski definition) is 1. The van der Waals surface area contributed by atoms with Crippen LogP contribution < -0.4 is 0 Å². The Balaban J connectivity index is 3.84. The van der Waals surface area contributed by atoms with Gasteiger partial charge in [0.15, 0.2) is 0 Å². The van der Waals surface area contributed by atoms with Gasteiger partial charge in [0, 0.05) is 5.92 Å². The van der Waals surface area contributed by atoms with E-state index >= 15 is 0 Å². The van der Waals surface area contributed by atoms with Gasteiger partial charge in [-0.25, -0.2) is 4.79 Å². The van der Waals surface area contributed by atoms with Crippen molar-refractivity contribution in [1.29, 1.82) is 0 Å². The average molecular weight is 188 g/mol. The first-order valence-electron chi connectivity index (χ1n) is 4.15. The molecule has 4 heteroatoms. The number of rotatable bonds is 4. The van der Waals surface area contributed by atoms with Crippen molar-refractivity contribution in [3.63, 3.8) is 0 Å². The van der Waals surface area contributed by atoms with Gasteiger partial charge in [-0.1, -0.05) is 13.0 Å². The summed E-state index contributed by atoms with van der Waals surface area (Å²) in [5.41, 5.74) is 0. The topological polar surface area (TPSA) is 55.8 Å². The Hall–Kier alpha value is -1.03. The summed E-state index contributed by atoms with van der Waals surface area (Å²) in [6, 6.07) is 0. The lowest BCUT2D eigenvalue weighted by Gasteiger charge is -2.16. The van der Waals surface area contributed by atoms with Crippen LogP contribution in [0, 0.1) is 5.92 Å². The van der Waals surface area contributed by atoms with Crippen LogP contribution in [-0.2, 0) is 9.47 Å². The van der Waals surface area contributed by atoms with Gasteiger partial charge in [0.2, 0.25) is 6.29 Å². The quantitative estimate of drug-likeness (QED) is 0.414. The zero-order valence-electron chi connectivity index (χ0n) is 8.19. The molecular formula is C9H16O4. The highest BCUT2D eigenvalue weighted by molar-refractivity contribution is 5.60. The Kier molecular flexibility index (Phi) is 5.14. The van der Waals surface area contributed by atoms with Crippen molar-refractivity contribution in [2.24, 2.45) is 5.92 Å². The number of aliphatic hydroxyl groups excluding tert-OH is 1. The SMILES string of the molecule is C=CC(C)C(O)OC(=O)OC(C)C. The van der Waals surface area contributed by atoms with Crippen molar-refractivity contribution in [2.75, 3.05) is 0 Å². The lowest BCUT2D eigenvalue weighted by atomic mass is 10.2. The van der Waals surface area contributed by atoms with Crippen molar-refractivity contribution >= 4 is 6.16 Å². The van der Waals surface area contributed by atoms with E-state index in [4.69, 9.17) is 0 Å². The predicted octanol–water partition coefficient (Wildman–Crippen LogP) is 1.69. The van der Waals surface area contributed by atoms with E-state index in [9.17, 15) is 9.90 Å². The van der Waals surface area contributed by atoms with Gasteiger partial charge in [0.25, 0.3) is 0 Å². The molecule has 0 aliphatic carbocycles. The largest absolute Gasteiger partial charge is 0.510 e.